The minimum Gasteiger partial charge on any atom is -0.325 e. The zero-order valence-electron chi connectivity index (χ0n) is 13.0. The van der Waals surface area contributed by atoms with Crippen LogP contribution in [0.15, 0.2) is 47.4 Å². The van der Waals surface area contributed by atoms with E-state index in [1.165, 1.54) is 22.9 Å². The van der Waals surface area contributed by atoms with Crippen molar-refractivity contribution in [2.24, 2.45) is 7.05 Å². The number of anilines is 1. The first kappa shape index (κ1) is 15.7. The van der Waals surface area contributed by atoms with Gasteiger partial charge in [-0.2, -0.15) is 0 Å². The van der Waals surface area contributed by atoms with E-state index in [0.29, 0.717) is 16.8 Å². The van der Waals surface area contributed by atoms with Crippen molar-refractivity contribution in [1.29, 1.82) is 0 Å². The summed E-state index contributed by atoms with van der Waals surface area (Å²) in [6, 6.07) is 9.43. The molecule has 7 heteroatoms. The predicted molar refractivity (Wildman–Crippen MR) is 86.7 cm³/mol. The number of benzene rings is 1. The molecule has 2 heterocycles. The molecule has 24 heavy (non-hydrogen) atoms. The summed E-state index contributed by atoms with van der Waals surface area (Å²) in [4.78, 5) is 48.8. The average molecular weight is 325 g/mol. The van der Waals surface area contributed by atoms with Crippen LogP contribution in [0.25, 0.3) is 0 Å². The molecule has 3 rings (SSSR count). The molecule has 1 N–H and O–H groups in total. The second kappa shape index (κ2) is 6.11. The van der Waals surface area contributed by atoms with Crippen LogP contribution in [0.4, 0.5) is 5.69 Å². The van der Waals surface area contributed by atoms with Crippen molar-refractivity contribution in [3.63, 3.8) is 0 Å². The molecule has 0 aliphatic carbocycles. The van der Waals surface area contributed by atoms with Crippen molar-refractivity contribution in [3.05, 3.63) is 64.1 Å². The van der Waals surface area contributed by atoms with E-state index in [1.54, 1.807) is 31.3 Å². The predicted octanol–water partition coefficient (Wildman–Crippen LogP) is 1.01. The molecule has 122 valence electrons. The number of pyridine rings is 1. The first-order valence-electron chi connectivity index (χ1n) is 7.39. The van der Waals surface area contributed by atoms with Gasteiger partial charge in [-0.3, -0.25) is 24.1 Å². The second-order valence-corrected chi connectivity index (χ2v) is 5.47. The van der Waals surface area contributed by atoms with Crippen LogP contribution in [0.3, 0.4) is 0 Å². The Bertz CT molecular complexity index is 866. The normalized spacial score (nSPS) is 13.1. The molecule has 1 aliphatic heterocycles. The first-order chi connectivity index (χ1) is 11.5. The van der Waals surface area contributed by atoms with Crippen LogP contribution in [0.1, 0.15) is 27.1 Å². The number of fused-ring (bicyclic) bond motifs is 1. The number of carbonyl (C=O) groups is 3. The Kier molecular flexibility index (Phi) is 3.99. The van der Waals surface area contributed by atoms with Crippen molar-refractivity contribution in [2.75, 3.05) is 11.9 Å². The van der Waals surface area contributed by atoms with Crippen LogP contribution in [0, 0.1) is 0 Å². The largest absolute Gasteiger partial charge is 0.325 e. The molecular weight excluding hydrogens is 310 g/mol. The molecule has 1 aliphatic rings. The van der Waals surface area contributed by atoms with Gasteiger partial charge in [-0.1, -0.05) is 12.1 Å². The van der Waals surface area contributed by atoms with Crippen molar-refractivity contribution in [2.45, 2.75) is 6.42 Å². The second-order valence-electron chi connectivity index (χ2n) is 5.47. The number of amides is 3. The Morgan fingerprint density at radius 2 is 1.62 bits per heavy atom. The van der Waals surface area contributed by atoms with Gasteiger partial charge in [0.1, 0.15) is 0 Å². The van der Waals surface area contributed by atoms with E-state index in [1.807, 2.05) is 0 Å². The topological polar surface area (TPSA) is 88.5 Å². The molecule has 0 spiro atoms. The highest BCUT2D eigenvalue weighted by atomic mass is 16.2. The lowest BCUT2D eigenvalue weighted by atomic mass is 10.1. The highest BCUT2D eigenvalue weighted by Gasteiger charge is 2.34. The van der Waals surface area contributed by atoms with Gasteiger partial charge in [0.2, 0.25) is 11.5 Å². The van der Waals surface area contributed by atoms with Crippen LogP contribution in [-0.4, -0.2) is 33.7 Å². The van der Waals surface area contributed by atoms with E-state index < -0.39 is 0 Å². The Morgan fingerprint density at radius 1 is 1.00 bits per heavy atom. The van der Waals surface area contributed by atoms with Crippen molar-refractivity contribution in [1.82, 2.24) is 9.47 Å². The number of aryl methyl sites for hydroxylation is 1. The average Bonchev–Trinajstić information content (AvgIpc) is 2.81. The van der Waals surface area contributed by atoms with Gasteiger partial charge in [0.25, 0.3) is 11.8 Å². The van der Waals surface area contributed by atoms with Crippen LogP contribution in [-0.2, 0) is 11.8 Å². The molecular formula is C17H15N3O4. The van der Waals surface area contributed by atoms with Crippen LogP contribution < -0.4 is 10.9 Å². The molecule has 0 saturated carbocycles. The smallest absolute Gasteiger partial charge is 0.261 e. The summed E-state index contributed by atoms with van der Waals surface area (Å²) in [5.41, 5.74) is 1.02. The van der Waals surface area contributed by atoms with E-state index in [2.05, 4.69) is 5.32 Å². The fourth-order valence-corrected chi connectivity index (χ4v) is 2.55. The van der Waals surface area contributed by atoms with Gasteiger partial charge in [0.05, 0.1) is 16.8 Å². The van der Waals surface area contributed by atoms with Gasteiger partial charge in [0, 0.05) is 32.3 Å². The van der Waals surface area contributed by atoms with Gasteiger partial charge in [-0.05, 0) is 18.2 Å². The molecule has 0 bridgehead atoms. The van der Waals surface area contributed by atoms with E-state index in [4.69, 9.17) is 0 Å². The number of aromatic nitrogens is 1. The summed E-state index contributed by atoms with van der Waals surface area (Å²) in [5, 5.41) is 2.64. The fraction of sp³-hybridized carbons (Fsp3) is 0.176. The third-order valence-corrected chi connectivity index (χ3v) is 3.81. The monoisotopic (exact) mass is 325 g/mol. The molecule has 1 aromatic heterocycles. The van der Waals surface area contributed by atoms with Crippen molar-refractivity contribution in [3.8, 4) is 0 Å². The summed E-state index contributed by atoms with van der Waals surface area (Å²) in [6.07, 6.45) is 1.48. The maximum absolute atomic E-state index is 12.2. The Morgan fingerprint density at radius 3 is 2.21 bits per heavy atom. The molecule has 1 aromatic carbocycles. The maximum atomic E-state index is 12.2. The zero-order valence-corrected chi connectivity index (χ0v) is 13.0. The number of hydrogen-bond donors (Lipinski definition) is 1. The highest BCUT2D eigenvalue weighted by Crippen LogP contribution is 2.22. The lowest BCUT2D eigenvalue weighted by Crippen LogP contribution is -2.33. The van der Waals surface area contributed by atoms with Crippen LogP contribution >= 0.6 is 0 Å². The van der Waals surface area contributed by atoms with Crippen LogP contribution in [0.5, 0.6) is 0 Å². The molecule has 0 unspecified atom stereocenters. The molecule has 0 saturated heterocycles. The van der Waals surface area contributed by atoms with Gasteiger partial charge in [-0.25, -0.2) is 0 Å². The third kappa shape index (κ3) is 2.83. The maximum Gasteiger partial charge on any atom is 0.261 e. The summed E-state index contributed by atoms with van der Waals surface area (Å²) < 4.78 is 1.35. The minimum atomic E-state index is -0.384. The van der Waals surface area contributed by atoms with E-state index in [0.717, 1.165) is 4.90 Å². The van der Waals surface area contributed by atoms with E-state index in [-0.39, 0.29) is 36.2 Å². The summed E-state index contributed by atoms with van der Waals surface area (Å²) in [7, 11) is 1.58. The molecule has 0 fully saturated rings. The van der Waals surface area contributed by atoms with E-state index in [9.17, 15) is 19.2 Å². The SMILES string of the molecule is Cn1cc(NC(=O)CCN2C(=O)c3ccccc3C2=O)ccc1=O. The molecule has 0 radical (unpaired) electrons. The molecule has 0 atom stereocenters. The molecule has 7 nitrogen and oxygen atoms in total. The van der Waals surface area contributed by atoms with Gasteiger partial charge in [0.15, 0.2) is 0 Å². The lowest BCUT2D eigenvalue weighted by molar-refractivity contribution is -0.116. The fourth-order valence-electron chi connectivity index (χ4n) is 2.55. The standard InChI is InChI=1S/C17H15N3O4/c1-19-10-11(6-7-15(19)22)18-14(21)8-9-20-16(23)12-4-2-3-5-13(12)17(20)24/h2-7,10H,8-9H2,1H3,(H,18,21). The van der Waals surface area contributed by atoms with E-state index >= 15 is 0 Å². The Hall–Kier alpha value is -3.22. The lowest BCUT2D eigenvalue weighted by Gasteiger charge is -2.13. The number of rotatable bonds is 4. The first-order valence-corrected chi connectivity index (χ1v) is 7.39. The van der Waals surface area contributed by atoms with Gasteiger partial charge < -0.3 is 9.88 Å². The summed E-state index contributed by atoms with van der Waals surface area (Å²) in [6.45, 7) is 0.00391. The minimum absolute atomic E-state index is 0.00391. The highest BCUT2D eigenvalue weighted by molar-refractivity contribution is 6.21. The zero-order chi connectivity index (χ0) is 17.3. The quantitative estimate of drug-likeness (QED) is 0.850. The molecule has 3 amide bonds. The number of carbonyl (C=O) groups excluding carboxylic acids is 3. The summed E-state index contributed by atoms with van der Waals surface area (Å²) >= 11 is 0. The third-order valence-electron chi connectivity index (χ3n) is 3.81. The number of hydrogen-bond acceptors (Lipinski definition) is 4. The Balaban J connectivity index is 1.63. The van der Waals surface area contributed by atoms with Crippen molar-refractivity contribution >= 4 is 23.4 Å². The van der Waals surface area contributed by atoms with Gasteiger partial charge in [-0.15, -0.1) is 0 Å². The summed E-state index contributed by atoms with van der Waals surface area (Å²) in [5.74, 6) is -1.11. The number of imide groups is 1. The molecule has 2 aromatic rings. The number of nitrogens with zero attached hydrogens (tertiary/aromatic N) is 2. The number of nitrogens with one attached hydrogen (secondary N) is 1. The van der Waals surface area contributed by atoms with Gasteiger partial charge >= 0.3 is 0 Å². The Labute approximate surface area is 137 Å². The van der Waals surface area contributed by atoms with Crippen LogP contribution in [0.2, 0.25) is 0 Å². The van der Waals surface area contributed by atoms with Crippen molar-refractivity contribution < 1.29 is 14.4 Å².